The van der Waals surface area contributed by atoms with Gasteiger partial charge in [-0.2, -0.15) is 0 Å². The van der Waals surface area contributed by atoms with Gasteiger partial charge in [0.1, 0.15) is 5.75 Å². The molecule has 2 atom stereocenters. The van der Waals surface area contributed by atoms with Crippen molar-refractivity contribution < 1.29 is 24.2 Å². The van der Waals surface area contributed by atoms with Crippen LogP contribution in [0, 0.1) is 6.92 Å². The molecule has 2 fully saturated rings. The summed E-state index contributed by atoms with van der Waals surface area (Å²) in [6, 6.07) is 7.01. The first-order chi connectivity index (χ1) is 17.7. The highest BCUT2D eigenvalue weighted by molar-refractivity contribution is 6.00. The summed E-state index contributed by atoms with van der Waals surface area (Å²) in [5.74, 6) is -0.749. The van der Waals surface area contributed by atoms with Crippen LogP contribution < -0.4 is 10.1 Å². The van der Waals surface area contributed by atoms with Crippen molar-refractivity contribution >= 4 is 17.8 Å². The van der Waals surface area contributed by atoms with Crippen molar-refractivity contribution in [1.82, 2.24) is 20.1 Å². The van der Waals surface area contributed by atoms with Crippen molar-refractivity contribution in [3.05, 3.63) is 71.1 Å². The quantitative estimate of drug-likeness (QED) is 0.503. The monoisotopic (exact) mass is 506 g/mol. The second-order valence-corrected chi connectivity index (χ2v) is 9.79. The lowest BCUT2D eigenvalue weighted by molar-refractivity contribution is -0.130. The Morgan fingerprint density at radius 3 is 2.57 bits per heavy atom. The Balaban J connectivity index is 1.64. The molecule has 2 heterocycles. The SMILES string of the molecule is C=CC(=O)N1CCN(C[C@@H](Oc2cc(C)c(C(=O)O)cc2C(=O)NC)c2ccc(C3CC3)cn2)C[C@H]1C. The average molecular weight is 507 g/mol. The van der Waals surface area contributed by atoms with Crippen LogP contribution in [0.4, 0.5) is 0 Å². The Morgan fingerprint density at radius 2 is 2.00 bits per heavy atom. The van der Waals surface area contributed by atoms with Crippen molar-refractivity contribution in [3.63, 3.8) is 0 Å². The zero-order valence-electron chi connectivity index (χ0n) is 21.6. The molecule has 196 valence electrons. The van der Waals surface area contributed by atoms with Gasteiger partial charge in [-0.25, -0.2) is 4.79 Å². The molecule has 0 bridgehead atoms. The van der Waals surface area contributed by atoms with Gasteiger partial charge >= 0.3 is 5.97 Å². The van der Waals surface area contributed by atoms with Gasteiger partial charge in [-0.15, -0.1) is 0 Å². The molecule has 0 spiro atoms. The van der Waals surface area contributed by atoms with E-state index in [1.54, 1.807) is 17.9 Å². The topological polar surface area (TPSA) is 112 Å². The third kappa shape index (κ3) is 5.99. The van der Waals surface area contributed by atoms with Crippen molar-refractivity contribution in [2.45, 2.75) is 44.8 Å². The van der Waals surface area contributed by atoms with Crippen LogP contribution in [0.5, 0.6) is 5.75 Å². The second kappa shape index (κ2) is 11.1. The van der Waals surface area contributed by atoms with E-state index in [1.165, 1.54) is 37.6 Å². The Hall–Kier alpha value is -3.72. The van der Waals surface area contributed by atoms with Crippen LogP contribution in [-0.2, 0) is 4.79 Å². The number of carbonyl (C=O) groups is 3. The molecule has 1 saturated carbocycles. The molecule has 9 heteroatoms. The van der Waals surface area contributed by atoms with Crippen LogP contribution in [0.3, 0.4) is 0 Å². The molecule has 1 aromatic heterocycles. The van der Waals surface area contributed by atoms with Gasteiger partial charge in [0, 0.05) is 45.5 Å². The van der Waals surface area contributed by atoms with E-state index in [1.807, 2.05) is 19.2 Å². The first-order valence-electron chi connectivity index (χ1n) is 12.6. The molecule has 1 aliphatic carbocycles. The average Bonchev–Trinajstić information content (AvgIpc) is 3.73. The predicted molar refractivity (Wildman–Crippen MR) is 139 cm³/mol. The smallest absolute Gasteiger partial charge is 0.335 e. The van der Waals surface area contributed by atoms with Crippen molar-refractivity contribution in [1.29, 1.82) is 0 Å². The molecule has 2 N–H and O–H groups in total. The summed E-state index contributed by atoms with van der Waals surface area (Å²) in [7, 11) is 1.49. The molecule has 0 unspecified atom stereocenters. The Morgan fingerprint density at radius 1 is 1.24 bits per heavy atom. The van der Waals surface area contributed by atoms with E-state index in [9.17, 15) is 19.5 Å². The summed E-state index contributed by atoms with van der Waals surface area (Å²) in [6.07, 6.45) is 5.08. The summed E-state index contributed by atoms with van der Waals surface area (Å²) in [4.78, 5) is 45.3. The van der Waals surface area contributed by atoms with Crippen LogP contribution in [-0.4, -0.2) is 76.9 Å². The summed E-state index contributed by atoms with van der Waals surface area (Å²) in [6.45, 7) is 9.65. The van der Waals surface area contributed by atoms with Gasteiger partial charge < -0.3 is 20.1 Å². The first kappa shape index (κ1) is 26.3. The van der Waals surface area contributed by atoms with Gasteiger partial charge in [-0.05, 0) is 68.0 Å². The van der Waals surface area contributed by atoms with Crippen LogP contribution in [0.1, 0.15) is 69.3 Å². The molecule has 4 rings (SSSR count). The third-order valence-corrected chi connectivity index (χ3v) is 7.08. The third-order valence-electron chi connectivity index (χ3n) is 7.08. The minimum Gasteiger partial charge on any atom is -0.482 e. The molecule has 0 radical (unpaired) electrons. The summed E-state index contributed by atoms with van der Waals surface area (Å²) < 4.78 is 6.47. The van der Waals surface area contributed by atoms with Gasteiger partial charge in [0.05, 0.1) is 16.8 Å². The number of benzene rings is 1. The van der Waals surface area contributed by atoms with Gasteiger partial charge in [0.2, 0.25) is 5.91 Å². The number of aromatic carboxylic acids is 1. The number of nitrogens with zero attached hydrogens (tertiary/aromatic N) is 3. The maximum absolute atomic E-state index is 12.7. The molecule has 1 aliphatic heterocycles. The van der Waals surface area contributed by atoms with Crippen LogP contribution in [0.25, 0.3) is 0 Å². The molecule has 2 aliphatic rings. The number of pyridine rings is 1. The zero-order valence-corrected chi connectivity index (χ0v) is 21.6. The predicted octanol–water partition coefficient (Wildman–Crippen LogP) is 3.16. The van der Waals surface area contributed by atoms with Crippen molar-refractivity contribution in [2.24, 2.45) is 0 Å². The molecule has 1 aromatic carbocycles. The number of carboxylic acids is 1. The standard InChI is InChI=1S/C28H34N4O5/c1-5-26(33)32-11-10-31(15-18(32)3)16-25(23-9-8-20(14-30-23)19-6-7-19)37-24-12-17(2)21(28(35)36)13-22(24)27(34)29-4/h5,8-9,12-14,18-19,25H,1,6-7,10-11,15-16H2,2-4H3,(H,29,34)(H,35,36)/t18-,25-/m1/s1. The number of ether oxygens (including phenoxy) is 1. The number of hydrogen-bond acceptors (Lipinski definition) is 6. The zero-order chi connectivity index (χ0) is 26.7. The van der Waals surface area contributed by atoms with Crippen LogP contribution >= 0.6 is 0 Å². The fraction of sp³-hybridized carbons (Fsp3) is 0.429. The number of amides is 2. The van der Waals surface area contributed by atoms with Gasteiger partial charge in [0.25, 0.3) is 5.91 Å². The highest BCUT2D eigenvalue weighted by atomic mass is 16.5. The number of nitrogens with one attached hydrogen (secondary N) is 1. The van der Waals surface area contributed by atoms with E-state index < -0.39 is 18.0 Å². The maximum atomic E-state index is 12.7. The number of carboxylic acid groups (broad SMARTS) is 1. The van der Waals surface area contributed by atoms with Crippen molar-refractivity contribution in [2.75, 3.05) is 33.2 Å². The lowest BCUT2D eigenvalue weighted by atomic mass is 10.0. The summed E-state index contributed by atoms with van der Waals surface area (Å²) in [5, 5.41) is 12.1. The molecular formula is C28H34N4O5. The molecule has 2 amide bonds. The number of piperazine rings is 1. The van der Waals surface area contributed by atoms with E-state index in [4.69, 9.17) is 9.72 Å². The van der Waals surface area contributed by atoms with Gasteiger partial charge in [0.15, 0.2) is 6.10 Å². The fourth-order valence-corrected chi connectivity index (χ4v) is 4.81. The minimum atomic E-state index is -1.11. The van der Waals surface area contributed by atoms with Crippen LogP contribution in [0.15, 0.2) is 43.1 Å². The van der Waals surface area contributed by atoms with Crippen molar-refractivity contribution in [3.8, 4) is 5.75 Å². The van der Waals surface area contributed by atoms with E-state index in [-0.39, 0.29) is 23.1 Å². The van der Waals surface area contributed by atoms with E-state index in [0.717, 1.165) is 5.69 Å². The Bertz CT molecular complexity index is 1190. The van der Waals surface area contributed by atoms with Crippen LogP contribution in [0.2, 0.25) is 0 Å². The minimum absolute atomic E-state index is 0.00336. The molecule has 2 aromatic rings. The molecular weight excluding hydrogens is 472 g/mol. The second-order valence-electron chi connectivity index (χ2n) is 9.79. The summed E-state index contributed by atoms with van der Waals surface area (Å²) in [5.41, 5.74) is 2.63. The maximum Gasteiger partial charge on any atom is 0.335 e. The number of rotatable bonds is 9. The summed E-state index contributed by atoms with van der Waals surface area (Å²) >= 11 is 0. The number of hydrogen-bond donors (Lipinski definition) is 2. The van der Waals surface area contributed by atoms with E-state index in [2.05, 4.69) is 22.9 Å². The van der Waals surface area contributed by atoms with Gasteiger partial charge in [-0.3, -0.25) is 19.5 Å². The molecule has 9 nitrogen and oxygen atoms in total. The lowest BCUT2D eigenvalue weighted by Crippen LogP contribution is -2.54. The highest BCUT2D eigenvalue weighted by Crippen LogP contribution is 2.40. The largest absolute Gasteiger partial charge is 0.482 e. The lowest BCUT2D eigenvalue weighted by Gasteiger charge is -2.40. The van der Waals surface area contributed by atoms with E-state index >= 15 is 0 Å². The molecule has 37 heavy (non-hydrogen) atoms. The Kier molecular flexibility index (Phi) is 7.92. The highest BCUT2D eigenvalue weighted by Gasteiger charge is 2.30. The number of aryl methyl sites for hydroxylation is 1. The normalized spacial score (nSPS) is 18.7. The number of carbonyl (C=O) groups excluding carboxylic acids is 2. The Labute approximate surface area is 217 Å². The fourth-order valence-electron chi connectivity index (χ4n) is 4.81. The first-order valence-corrected chi connectivity index (χ1v) is 12.6. The van der Waals surface area contributed by atoms with E-state index in [0.29, 0.717) is 43.4 Å². The van der Waals surface area contributed by atoms with Gasteiger partial charge in [-0.1, -0.05) is 12.6 Å². The molecule has 1 saturated heterocycles. The number of aromatic nitrogens is 1.